The molecule has 9 nitrogen and oxygen atoms in total. The summed E-state index contributed by atoms with van der Waals surface area (Å²) in [6, 6.07) is 121. The van der Waals surface area contributed by atoms with Crippen LogP contribution in [0.15, 0.2) is 352 Å². The molecule has 0 aliphatic carbocycles. The van der Waals surface area contributed by atoms with Crippen LogP contribution >= 0.6 is 0 Å². The summed E-state index contributed by atoms with van der Waals surface area (Å²) in [7, 11) is 0. The minimum absolute atomic E-state index is 0.0481. The monoisotopic (exact) mass is 1330 g/mol. The van der Waals surface area contributed by atoms with Crippen LogP contribution in [0.25, 0.3) is 187 Å². The third kappa shape index (κ3) is 8.58. The molecule has 0 radical (unpaired) electrons. The van der Waals surface area contributed by atoms with Crippen LogP contribution in [-0.4, -0.2) is 43.2 Å². The molecular formula is C95H58N8O. The summed E-state index contributed by atoms with van der Waals surface area (Å²) in [4.78, 5) is 24.7. The lowest BCUT2D eigenvalue weighted by Gasteiger charge is -2.11. The summed E-state index contributed by atoms with van der Waals surface area (Å²) in [6.07, 6.45) is 3.89. The Labute approximate surface area is 595 Å². The highest BCUT2D eigenvalue weighted by atomic mass is 16.1. The van der Waals surface area contributed by atoms with Gasteiger partial charge in [0.2, 0.25) is 0 Å². The van der Waals surface area contributed by atoms with Crippen molar-refractivity contribution in [1.82, 2.24) is 37.4 Å². The maximum atomic E-state index is 14.3. The predicted octanol–water partition coefficient (Wildman–Crippen LogP) is 23.6. The molecule has 8 aromatic heterocycles. The molecule has 484 valence electrons. The molecule has 22 rings (SSSR count). The lowest BCUT2D eigenvalue weighted by molar-refractivity contribution is 0.103. The molecule has 0 fully saturated rings. The Balaban J connectivity index is 0.569. The number of carbonyl (C=O) groups is 1. The second-order valence-electron chi connectivity index (χ2n) is 27.2. The van der Waals surface area contributed by atoms with Gasteiger partial charge in [-0.05, 0) is 157 Å². The van der Waals surface area contributed by atoms with Gasteiger partial charge >= 0.3 is 0 Å². The second-order valence-corrected chi connectivity index (χ2v) is 27.2. The summed E-state index contributed by atoms with van der Waals surface area (Å²) < 4.78 is 14.1. The van der Waals surface area contributed by atoms with E-state index < -0.39 is 0 Å². The first-order valence-corrected chi connectivity index (χ1v) is 35.3. The van der Waals surface area contributed by atoms with Crippen molar-refractivity contribution in [2.24, 2.45) is 0 Å². The molecule has 0 unspecified atom stereocenters. The van der Waals surface area contributed by atoms with E-state index in [2.05, 4.69) is 319 Å². The van der Waals surface area contributed by atoms with Gasteiger partial charge in [0.15, 0.2) is 5.78 Å². The normalized spacial score (nSPS) is 12.1. The summed E-state index contributed by atoms with van der Waals surface area (Å²) >= 11 is 0. The number of benzene rings is 14. The molecule has 0 atom stereocenters. The molecule has 8 heterocycles. The first-order valence-electron chi connectivity index (χ1n) is 35.3. The van der Waals surface area contributed by atoms with Crippen molar-refractivity contribution in [1.29, 1.82) is 0 Å². The molecule has 0 bridgehead atoms. The molecule has 14 aromatic carbocycles. The Morgan fingerprint density at radius 1 is 0.192 bits per heavy atom. The number of carbonyl (C=O) groups excluding carboxylic acids is 1. The van der Waals surface area contributed by atoms with Crippen LogP contribution in [0.1, 0.15) is 15.9 Å². The van der Waals surface area contributed by atoms with Crippen molar-refractivity contribution < 1.29 is 4.79 Å². The molecule has 0 aliphatic heterocycles. The van der Waals surface area contributed by atoms with E-state index in [9.17, 15) is 4.79 Å². The van der Waals surface area contributed by atoms with E-state index in [0.717, 1.165) is 100 Å². The fourth-order valence-electron chi connectivity index (χ4n) is 17.0. The van der Waals surface area contributed by atoms with Gasteiger partial charge in [-0.2, -0.15) is 0 Å². The summed E-state index contributed by atoms with van der Waals surface area (Å²) in [6.45, 7) is 0. The van der Waals surface area contributed by atoms with Crippen LogP contribution in [0.3, 0.4) is 0 Å². The highest BCUT2D eigenvalue weighted by Crippen LogP contribution is 2.43. The number of fused-ring (bicyclic) bond motifs is 18. The van der Waals surface area contributed by atoms with E-state index in [1.54, 1.807) is 0 Å². The zero-order chi connectivity index (χ0) is 68.3. The minimum Gasteiger partial charge on any atom is -0.309 e. The van der Waals surface area contributed by atoms with Crippen LogP contribution in [0.4, 0.5) is 0 Å². The van der Waals surface area contributed by atoms with Crippen molar-refractivity contribution in [3.63, 3.8) is 0 Å². The molecule has 9 heteroatoms. The van der Waals surface area contributed by atoms with Gasteiger partial charge in [0.25, 0.3) is 0 Å². The van der Waals surface area contributed by atoms with E-state index >= 15 is 0 Å². The molecule has 0 amide bonds. The van der Waals surface area contributed by atoms with Crippen molar-refractivity contribution in [2.45, 2.75) is 0 Å². The van der Waals surface area contributed by atoms with Gasteiger partial charge in [0.05, 0.1) is 66.2 Å². The quantitative estimate of drug-likeness (QED) is 0.128. The Morgan fingerprint density at radius 3 is 0.625 bits per heavy atom. The van der Waals surface area contributed by atoms with E-state index in [0.29, 0.717) is 11.1 Å². The topological polar surface area (TPSA) is 72.4 Å². The first-order chi connectivity index (χ1) is 51.5. The number of aromatic nitrogens is 8. The lowest BCUT2D eigenvalue weighted by atomic mass is 9.98. The van der Waals surface area contributed by atoms with E-state index in [1.807, 2.05) is 60.9 Å². The zero-order valence-electron chi connectivity index (χ0n) is 56.0. The summed E-state index contributed by atoms with van der Waals surface area (Å²) in [5, 5.41) is 14.3. The third-order valence-electron chi connectivity index (χ3n) is 21.7. The Bertz CT molecular complexity index is 6350. The summed E-state index contributed by atoms with van der Waals surface area (Å²) in [5.41, 5.74) is 23.0. The number of hydrogen-bond acceptors (Lipinski definition) is 3. The molecule has 0 saturated heterocycles. The first kappa shape index (κ1) is 57.7. The van der Waals surface area contributed by atoms with Crippen LogP contribution in [0.5, 0.6) is 0 Å². The van der Waals surface area contributed by atoms with E-state index in [-0.39, 0.29) is 5.78 Å². The van der Waals surface area contributed by atoms with E-state index in [4.69, 9.17) is 9.97 Å². The molecule has 0 N–H and O–H groups in total. The standard InChI is InChI=1S/C95H58N8O/c104-95(61-37-33-59(34-38-61)63-41-51-93(96-57-63)102-89-47-43-65(98-81-25-9-1-17-69(81)70-18-2-10-26-82(70)98)53-77(89)78-54-66(44-48-90(78)102)99-83-27-11-3-19-71(83)72-20-4-12-28-84(72)99)62-39-35-60(36-40-62)64-42-52-94(97-58-64)103-91-49-45-67(100-85-29-13-5-21-73(85)74-22-6-14-30-86(74)100)55-79(91)80-56-68(46-50-92(80)103)101-87-31-15-7-23-75(87)76-24-8-16-32-88(76)101/h1-58H. The smallest absolute Gasteiger partial charge is 0.193 e. The predicted molar refractivity (Wildman–Crippen MR) is 429 cm³/mol. The van der Waals surface area contributed by atoms with Gasteiger partial charge in [-0.1, -0.05) is 194 Å². The largest absolute Gasteiger partial charge is 0.309 e. The number of hydrogen-bond donors (Lipinski definition) is 0. The molecule has 0 saturated carbocycles. The molecule has 104 heavy (non-hydrogen) atoms. The lowest BCUT2D eigenvalue weighted by Crippen LogP contribution is -2.01. The SMILES string of the molecule is O=C(c1ccc(-c2ccc(-n3c4ccc(-n5c6ccccc6c6ccccc65)cc4c4cc(-n5c6ccccc6c6ccccc65)ccc43)nc2)cc1)c1ccc(-c2ccc(-n3c4ccc(-n5c6ccccc6c6ccccc65)cc4c4cc(-n5c6ccccc6c6ccccc65)ccc43)nc2)cc1. The highest BCUT2D eigenvalue weighted by molar-refractivity contribution is 6.17. The minimum atomic E-state index is -0.0481. The van der Waals surface area contributed by atoms with Crippen molar-refractivity contribution >= 4 is 137 Å². The Morgan fingerprint density at radius 2 is 0.404 bits per heavy atom. The Hall–Kier alpha value is -14.2. The van der Waals surface area contributed by atoms with Gasteiger partial charge < -0.3 is 18.3 Å². The maximum Gasteiger partial charge on any atom is 0.193 e. The fourth-order valence-corrected chi connectivity index (χ4v) is 17.0. The second kappa shape index (κ2) is 22.4. The fraction of sp³-hybridized carbons (Fsp3) is 0. The van der Waals surface area contributed by atoms with Crippen LogP contribution in [0.2, 0.25) is 0 Å². The van der Waals surface area contributed by atoms with Gasteiger partial charge in [-0.15, -0.1) is 0 Å². The van der Waals surface area contributed by atoms with Gasteiger partial charge in [-0.25, -0.2) is 9.97 Å². The van der Waals surface area contributed by atoms with Crippen molar-refractivity contribution in [3.05, 3.63) is 363 Å². The number of nitrogens with zero attached hydrogens (tertiary/aromatic N) is 8. The molecular weight excluding hydrogens is 1270 g/mol. The number of ketones is 1. The van der Waals surface area contributed by atoms with Crippen LogP contribution in [-0.2, 0) is 0 Å². The average molecular weight is 1330 g/mol. The van der Waals surface area contributed by atoms with Crippen molar-refractivity contribution in [3.8, 4) is 56.6 Å². The summed E-state index contributed by atoms with van der Waals surface area (Å²) in [5.74, 6) is 1.57. The maximum absolute atomic E-state index is 14.3. The number of pyridine rings is 2. The number of rotatable bonds is 10. The molecule has 0 spiro atoms. The van der Waals surface area contributed by atoms with Crippen LogP contribution < -0.4 is 0 Å². The average Bonchev–Trinajstić information content (AvgIpc) is 1.57. The van der Waals surface area contributed by atoms with Crippen LogP contribution in [0, 0.1) is 0 Å². The molecule has 22 aromatic rings. The molecule has 0 aliphatic rings. The zero-order valence-corrected chi connectivity index (χ0v) is 56.0. The number of para-hydroxylation sites is 8. The van der Waals surface area contributed by atoms with Gasteiger partial charge in [0, 0.05) is 122 Å². The highest BCUT2D eigenvalue weighted by Gasteiger charge is 2.23. The van der Waals surface area contributed by atoms with E-state index in [1.165, 1.54) is 87.2 Å². The Kier molecular flexibility index (Phi) is 12.4. The van der Waals surface area contributed by atoms with Crippen molar-refractivity contribution in [2.75, 3.05) is 0 Å². The van der Waals surface area contributed by atoms with Gasteiger partial charge in [-0.3, -0.25) is 13.9 Å². The van der Waals surface area contributed by atoms with Gasteiger partial charge in [0.1, 0.15) is 11.6 Å². The third-order valence-corrected chi connectivity index (χ3v) is 21.7.